The fourth-order valence-electron chi connectivity index (χ4n) is 3.93. The van der Waals surface area contributed by atoms with Crippen LogP contribution in [0.15, 0.2) is 54.6 Å². The molecule has 0 saturated heterocycles. The Labute approximate surface area is 201 Å². The monoisotopic (exact) mass is 517 g/mol. The van der Waals surface area contributed by atoms with Gasteiger partial charge in [-0.05, 0) is 42.3 Å². The summed E-state index contributed by atoms with van der Waals surface area (Å²) in [6.45, 7) is 1.23. The normalized spacial score (nSPS) is 17.0. The number of hydrogen-bond donors (Lipinski definition) is 1. The van der Waals surface area contributed by atoms with Crippen LogP contribution in [-0.2, 0) is 6.42 Å². The standard InChI is InChI=1S/C24H21F6NO3S/c1-2-16-9-10-20(35-16)19-13-33-22-17(14-5-3-6-15(11-14)34-24(28,29)30)7-4-8-18(22)31(19)12-21(32)23(25,26)27/h3-11,19,21,32H,2,12-13H2,1H3. The Bertz CT molecular complexity index is 1180. The first-order chi connectivity index (χ1) is 16.5. The lowest BCUT2D eigenvalue weighted by Crippen LogP contribution is -2.45. The molecule has 35 heavy (non-hydrogen) atoms. The van der Waals surface area contributed by atoms with Gasteiger partial charge in [0.2, 0.25) is 0 Å². The van der Waals surface area contributed by atoms with E-state index in [9.17, 15) is 31.4 Å². The van der Waals surface area contributed by atoms with E-state index < -0.39 is 37.0 Å². The van der Waals surface area contributed by atoms with Crippen LogP contribution in [0.1, 0.15) is 22.7 Å². The molecule has 1 aromatic heterocycles. The molecule has 2 heterocycles. The minimum Gasteiger partial charge on any atom is -0.488 e. The van der Waals surface area contributed by atoms with E-state index in [1.165, 1.54) is 28.4 Å². The molecule has 11 heteroatoms. The molecule has 0 fully saturated rings. The number of thiophene rings is 1. The summed E-state index contributed by atoms with van der Waals surface area (Å²) in [6, 6.07) is 13.2. The van der Waals surface area contributed by atoms with Gasteiger partial charge in [0, 0.05) is 15.3 Å². The van der Waals surface area contributed by atoms with Gasteiger partial charge in [0.15, 0.2) is 11.9 Å². The Morgan fingerprint density at radius 1 is 1.09 bits per heavy atom. The van der Waals surface area contributed by atoms with E-state index in [1.54, 1.807) is 24.3 Å². The predicted octanol–water partition coefficient (Wildman–Crippen LogP) is 6.74. The number of aliphatic hydroxyl groups is 1. The molecule has 0 bridgehead atoms. The number of hydrogen-bond acceptors (Lipinski definition) is 5. The lowest BCUT2D eigenvalue weighted by Gasteiger charge is -2.40. The Morgan fingerprint density at radius 2 is 1.83 bits per heavy atom. The number of benzene rings is 2. The molecule has 0 radical (unpaired) electrons. The maximum atomic E-state index is 13.3. The van der Waals surface area contributed by atoms with Crippen LogP contribution in [0.4, 0.5) is 32.0 Å². The van der Waals surface area contributed by atoms with E-state index >= 15 is 0 Å². The highest BCUT2D eigenvalue weighted by Crippen LogP contribution is 2.47. The second kappa shape index (κ2) is 9.62. The first-order valence-corrected chi connectivity index (χ1v) is 11.5. The summed E-state index contributed by atoms with van der Waals surface area (Å²) in [5.41, 5.74) is 1.03. The molecule has 4 nitrogen and oxygen atoms in total. The fraction of sp³-hybridized carbons (Fsp3) is 0.333. The summed E-state index contributed by atoms with van der Waals surface area (Å²) in [5, 5.41) is 9.88. The third kappa shape index (κ3) is 5.67. The highest BCUT2D eigenvalue weighted by Gasteiger charge is 2.42. The zero-order chi connectivity index (χ0) is 25.4. The molecule has 2 unspecified atom stereocenters. The van der Waals surface area contributed by atoms with E-state index in [4.69, 9.17) is 4.74 Å². The van der Waals surface area contributed by atoms with Crippen LogP contribution in [0.2, 0.25) is 0 Å². The molecule has 1 aliphatic heterocycles. The maximum Gasteiger partial charge on any atom is 0.573 e. The number of fused-ring (bicyclic) bond motifs is 1. The van der Waals surface area contributed by atoms with Crippen molar-refractivity contribution in [1.82, 2.24) is 0 Å². The average Bonchev–Trinajstić information content (AvgIpc) is 3.26. The zero-order valence-electron chi connectivity index (χ0n) is 18.4. The first kappa shape index (κ1) is 25.2. The molecule has 2 atom stereocenters. The summed E-state index contributed by atoms with van der Waals surface area (Å²) < 4.78 is 87.9. The summed E-state index contributed by atoms with van der Waals surface area (Å²) in [5.74, 6) is -0.217. The molecule has 3 aromatic rings. The molecule has 0 aliphatic carbocycles. The predicted molar refractivity (Wildman–Crippen MR) is 120 cm³/mol. The van der Waals surface area contributed by atoms with Crippen molar-refractivity contribution in [3.63, 3.8) is 0 Å². The molecule has 0 amide bonds. The summed E-state index contributed by atoms with van der Waals surface area (Å²) in [7, 11) is 0. The van der Waals surface area contributed by atoms with E-state index in [0.29, 0.717) is 16.8 Å². The van der Waals surface area contributed by atoms with Gasteiger partial charge in [-0.15, -0.1) is 24.5 Å². The number of β-amino-alcohol motifs (C(OH)–C–C–N with tert-alkyl or cyclic N) is 1. The Kier molecular flexibility index (Phi) is 6.92. The zero-order valence-corrected chi connectivity index (χ0v) is 19.2. The number of anilines is 1. The average molecular weight is 517 g/mol. The van der Waals surface area contributed by atoms with Crippen molar-refractivity contribution in [2.45, 2.75) is 38.0 Å². The van der Waals surface area contributed by atoms with Crippen LogP contribution in [-0.4, -0.2) is 36.9 Å². The largest absolute Gasteiger partial charge is 0.573 e. The number of rotatable bonds is 6. The molecular weight excluding hydrogens is 496 g/mol. The van der Waals surface area contributed by atoms with E-state index in [-0.39, 0.29) is 12.4 Å². The van der Waals surface area contributed by atoms with Gasteiger partial charge < -0.3 is 19.5 Å². The lowest BCUT2D eigenvalue weighted by molar-refractivity contribution is -0.274. The minimum atomic E-state index is -4.87. The van der Waals surface area contributed by atoms with Crippen LogP contribution >= 0.6 is 11.3 Å². The number of para-hydroxylation sites is 1. The molecule has 1 aliphatic rings. The summed E-state index contributed by atoms with van der Waals surface area (Å²) in [6.07, 6.45) is -11.5. The van der Waals surface area contributed by atoms with Crippen molar-refractivity contribution >= 4 is 17.0 Å². The van der Waals surface area contributed by atoms with Crippen LogP contribution in [0.5, 0.6) is 11.5 Å². The van der Waals surface area contributed by atoms with Crippen LogP contribution in [0.3, 0.4) is 0 Å². The fourth-order valence-corrected chi connectivity index (χ4v) is 4.98. The van der Waals surface area contributed by atoms with Gasteiger partial charge in [0.25, 0.3) is 0 Å². The Hall–Kier alpha value is -2.92. The number of nitrogens with zero attached hydrogens (tertiary/aromatic N) is 1. The minimum absolute atomic E-state index is 0.00298. The van der Waals surface area contributed by atoms with Crippen molar-refractivity contribution in [2.24, 2.45) is 0 Å². The molecule has 0 spiro atoms. The van der Waals surface area contributed by atoms with Gasteiger partial charge in [-0.3, -0.25) is 0 Å². The third-order valence-corrected chi connectivity index (χ3v) is 6.88. The SMILES string of the molecule is CCc1ccc(C2COc3c(-c4cccc(OC(F)(F)F)c4)cccc3N2CC(O)C(F)(F)F)s1. The Balaban J connectivity index is 1.76. The maximum absolute atomic E-state index is 13.3. The van der Waals surface area contributed by atoms with Crippen molar-refractivity contribution in [3.8, 4) is 22.6 Å². The van der Waals surface area contributed by atoms with Crippen molar-refractivity contribution in [1.29, 1.82) is 0 Å². The van der Waals surface area contributed by atoms with Crippen LogP contribution in [0, 0.1) is 0 Å². The van der Waals surface area contributed by atoms with Gasteiger partial charge in [-0.1, -0.05) is 31.2 Å². The van der Waals surface area contributed by atoms with Gasteiger partial charge in [-0.25, -0.2) is 0 Å². The van der Waals surface area contributed by atoms with Crippen molar-refractivity contribution < 1.29 is 40.9 Å². The summed E-state index contributed by atoms with van der Waals surface area (Å²) >= 11 is 1.45. The van der Waals surface area contributed by atoms with Crippen molar-refractivity contribution in [2.75, 3.05) is 18.1 Å². The third-order valence-electron chi connectivity index (χ3n) is 5.55. The number of ether oxygens (including phenoxy) is 2. The van der Waals surface area contributed by atoms with Crippen LogP contribution in [0.25, 0.3) is 11.1 Å². The molecule has 1 N–H and O–H groups in total. The number of aryl methyl sites for hydroxylation is 1. The molecular formula is C24H21F6NO3S. The highest BCUT2D eigenvalue weighted by molar-refractivity contribution is 7.12. The van der Waals surface area contributed by atoms with E-state index in [2.05, 4.69) is 4.74 Å². The number of halogens is 6. The second-order valence-corrected chi connectivity index (χ2v) is 9.12. The number of aliphatic hydroxyl groups excluding tert-OH is 1. The molecule has 188 valence electrons. The Morgan fingerprint density at radius 3 is 2.49 bits per heavy atom. The topological polar surface area (TPSA) is 41.9 Å². The number of alkyl halides is 6. The highest BCUT2D eigenvalue weighted by atomic mass is 32.1. The van der Waals surface area contributed by atoms with Crippen molar-refractivity contribution in [3.05, 3.63) is 64.4 Å². The van der Waals surface area contributed by atoms with E-state index in [1.807, 2.05) is 19.1 Å². The first-order valence-electron chi connectivity index (χ1n) is 10.7. The van der Waals surface area contributed by atoms with Gasteiger partial charge in [0.1, 0.15) is 12.4 Å². The smallest absolute Gasteiger partial charge is 0.488 e. The van der Waals surface area contributed by atoms with Gasteiger partial charge in [-0.2, -0.15) is 13.2 Å². The second-order valence-electron chi connectivity index (χ2n) is 7.92. The molecule has 0 saturated carbocycles. The van der Waals surface area contributed by atoms with Gasteiger partial charge >= 0.3 is 12.5 Å². The lowest BCUT2D eigenvalue weighted by atomic mass is 10.0. The van der Waals surface area contributed by atoms with E-state index in [0.717, 1.165) is 22.2 Å². The van der Waals surface area contributed by atoms with Gasteiger partial charge in [0.05, 0.1) is 18.3 Å². The molecule has 4 rings (SSSR count). The summed E-state index contributed by atoms with van der Waals surface area (Å²) in [4.78, 5) is 3.28. The van der Waals surface area contributed by atoms with Crippen LogP contribution < -0.4 is 14.4 Å². The quantitative estimate of drug-likeness (QED) is 0.368. The molecule has 2 aromatic carbocycles.